The maximum atomic E-state index is 12.3. The average molecular weight is 393 g/mol. The van der Waals surface area contributed by atoms with Gasteiger partial charge in [-0.2, -0.15) is 0 Å². The Balaban J connectivity index is 1.20. The van der Waals surface area contributed by atoms with E-state index < -0.39 is 0 Å². The minimum Gasteiger partial charge on any atom is -0.497 e. The molecule has 1 aliphatic heterocycles. The Kier molecular flexibility index (Phi) is 6.05. The molecule has 0 radical (unpaired) electrons. The standard InChI is InChI=1S/C22H27N5O2/c1-29-19-7-5-17(6-8-19)9-12-23-21(28)16-26-14-10-18(11-15-26)22-25-24-20-4-2-3-13-27(20)22/h2-8,13,18H,9-12,14-16H2,1H3,(H,23,28). The number of methoxy groups -OCH3 is 1. The summed E-state index contributed by atoms with van der Waals surface area (Å²) in [6, 6.07) is 13.9. The number of aromatic nitrogens is 3. The van der Waals surface area contributed by atoms with Crippen LogP contribution in [0.15, 0.2) is 48.7 Å². The summed E-state index contributed by atoms with van der Waals surface area (Å²) in [5, 5.41) is 11.7. The molecule has 1 N–H and O–H groups in total. The largest absolute Gasteiger partial charge is 0.497 e. The van der Waals surface area contributed by atoms with E-state index in [4.69, 9.17) is 4.74 Å². The van der Waals surface area contributed by atoms with E-state index in [9.17, 15) is 4.79 Å². The van der Waals surface area contributed by atoms with Crippen molar-refractivity contribution in [2.45, 2.75) is 25.2 Å². The number of fused-ring (bicyclic) bond motifs is 1. The predicted molar refractivity (Wildman–Crippen MR) is 111 cm³/mol. The second-order valence-electron chi connectivity index (χ2n) is 7.49. The lowest BCUT2D eigenvalue weighted by atomic mass is 9.96. The van der Waals surface area contributed by atoms with Crippen molar-refractivity contribution >= 4 is 11.6 Å². The minimum atomic E-state index is 0.0879. The number of piperidine rings is 1. The second-order valence-corrected chi connectivity index (χ2v) is 7.49. The summed E-state index contributed by atoms with van der Waals surface area (Å²) in [6.07, 6.45) is 4.83. The molecule has 7 nitrogen and oxygen atoms in total. The molecule has 1 fully saturated rings. The molecule has 0 atom stereocenters. The molecule has 1 saturated heterocycles. The third-order valence-electron chi connectivity index (χ3n) is 5.55. The molecule has 1 aliphatic rings. The van der Waals surface area contributed by atoms with Crippen molar-refractivity contribution in [1.82, 2.24) is 24.8 Å². The number of carbonyl (C=O) groups excluding carboxylic acids is 1. The van der Waals surface area contributed by atoms with Crippen LogP contribution in [0.1, 0.15) is 30.1 Å². The van der Waals surface area contributed by atoms with Gasteiger partial charge in [-0.3, -0.25) is 14.1 Å². The molecule has 0 saturated carbocycles. The van der Waals surface area contributed by atoms with Crippen molar-refractivity contribution in [1.29, 1.82) is 0 Å². The number of carbonyl (C=O) groups is 1. The first-order valence-corrected chi connectivity index (χ1v) is 10.1. The number of likely N-dealkylation sites (tertiary alicyclic amines) is 1. The van der Waals surface area contributed by atoms with Crippen LogP contribution in [0.2, 0.25) is 0 Å². The van der Waals surface area contributed by atoms with E-state index in [0.717, 1.165) is 49.6 Å². The molecule has 0 unspecified atom stereocenters. The van der Waals surface area contributed by atoms with E-state index in [1.807, 2.05) is 48.7 Å². The summed E-state index contributed by atoms with van der Waals surface area (Å²) in [6.45, 7) is 2.90. The fourth-order valence-corrected chi connectivity index (χ4v) is 3.89. The SMILES string of the molecule is COc1ccc(CCNC(=O)CN2CCC(c3nnc4ccccn34)CC2)cc1. The Labute approximate surface area is 170 Å². The Hall–Kier alpha value is -2.93. The van der Waals surface area contributed by atoms with Crippen LogP contribution < -0.4 is 10.1 Å². The fraction of sp³-hybridized carbons (Fsp3) is 0.409. The molecule has 2 aromatic heterocycles. The molecule has 3 heterocycles. The summed E-state index contributed by atoms with van der Waals surface area (Å²) in [5.74, 6) is 2.36. The number of benzene rings is 1. The Morgan fingerprint density at radius 2 is 1.93 bits per heavy atom. The predicted octanol–water partition coefficient (Wildman–Crippen LogP) is 2.28. The van der Waals surface area contributed by atoms with Crippen molar-refractivity contribution in [3.8, 4) is 5.75 Å². The smallest absolute Gasteiger partial charge is 0.234 e. The highest BCUT2D eigenvalue weighted by Gasteiger charge is 2.25. The van der Waals surface area contributed by atoms with Crippen LogP contribution in [0.4, 0.5) is 0 Å². The van der Waals surface area contributed by atoms with Crippen LogP contribution in [0.25, 0.3) is 5.65 Å². The van der Waals surface area contributed by atoms with E-state index in [2.05, 4.69) is 24.8 Å². The highest BCUT2D eigenvalue weighted by molar-refractivity contribution is 5.78. The van der Waals surface area contributed by atoms with Gasteiger partial charge < -0.3 is 10.1 Å². The summed E-state index contributed by atoms with van der Waals surface area (Å²) in [7, 11) is 1.66. The molecule has 152 valence electrons. The van der Waals surface area contributed by atoms with Gasteiger partial charge in [0, 0.05) is 18.7 Å². The molecule has 3 aromatic rings. The topological polar surface area (TPSA) is 71.8 Å². The molecule has 7 heteroatoms. The molecule has 1 aromatic carbocycles. The molecule has 29 heavy (non-hydrogen) atoms. The molecule has 4 rings (SSSR count). The Morgan fingerprint density at radius 1 is 1.14 bits per heavy atom. The lowest BCUT2D eigenvalue weighted by molar-refractivity contribution is -0.122. The van der Waals surface area contributed by atoms with E-state index >= 15 is 0 Å². The monoisotopic (exact) mass is 393 g/mol. The number of pyridine rings is 1. The molecule has 1 amide bonds. The van der Waals surface area contributed by atoms with E-state index in [0.29, 0.717) is 19.0 Å². The first-order valence-electron chi connectivity index (χ1n) is 10.1. The van der Waals surface area contributed by atoms with Crippen LogP contribution in [0, 0.1) is 0 Å². The highest BCUT2D eigenvalue weighted by Crippen LogP contribution is 2.26. The van der Waals surface area contributed by atoms with Crippen molar-refractivity contribution in [2.24, 2.45) is 0 Å². The summed E-state index contributed by atoms with van der Waals surface area (Å²) < 4.78 is 7.24. The van der Waals surface area contributed by atoms with Gasteiger partial charge in [-0.05, 0) is 62.2 Å². The number of hydrogen-bond donors (Lipinski definition) is 1. The first-order chi connectivity index (χ1) is 14.2. The lowest BCUT2D eigenvalue weighted by Crippen LogP contribution is -2.41. The first kappa shape index (κ1) is 19.4. The van der Waals surface area contributed by atoms with Crippen molar-refractivity contribution < 1.29 is 9.53 Å². The molecule has 0 aliphatic carbocycles. The third-order valence-corrected chi connectivity index (χ3v) is 5.55. The van der Waals surface area contributed by atoms with Gasteiger partial charge in [0.15, 0.2) is 5.65 Å². The summed E-state index contributed by atoms with van der Waals surface area (Å²) in [4.78, 5) is 14.5. The quantitative estimate of drug-likeness (QED) is 0.667. The third kappa shape index (κ3) is 4.74. The van der Waals surface area contributed by atoms with Gasteiger partial charge in [0.1, 0.15) is 11.6 Å². The van der Waals surface area contributed by atoms with E-state index in [1.165, 1.54) is 5.56 Å². The van der Waals surface area contributed by atoms with E-state index in [-0.39, 0.29) is 5.91 Å². The molecular formula is C22H27N5O2. The van der Waals surface area contributed by atoms with Crippen LogP contribution in [0.5, 0.6) is 5.75 Å². The van der Waals surface area contributed by atoms with Gasteiger partial charge in [-0.1, -0.05) is 18.2 Å². The lowest BCUT2D eigenvalue weighted by Gasteiger charge is -2.30. The summed E-state index contributed by atoms with van der Waals surface area (Å²) in [5.41, 5.74) is 2.08. The van der Waals surface area contributed by atoms with Crippen LogP contribution in [-0.2, 0) is 11.2 Å². The second kappa shape index (κ2) is 9.05. The minimum absolute atomic E-state index is 0.0879. The zero-order valence-corrected chi connectivity index (χ0v) is 16.8. The normalized spacial score (nSPS) is 15.5. The van der Waals surface area contributed by atoms with Gasteiger partial charge in [0.05, 0.1) is 13.7 Å². The van der Waals surface area contributed by atoms with Gasteiger partial charge in [-0.25, -0.2) is 0 Å². The van der Waals surface area contributed by atoms with Gasteiger partial charge in [-0.15, -0.1) is 10.2 Å². The Morgan fingerprint density at radius 3 is 2.69 bits per heavy atom. The molecule has 0 bridgehead atoms. The van der Waals surface area contributed by atoms with Gasteiger partial charge >= 0.3 is 0 Å². The summed E-state index contributed by atoms with van der Waals surface area (Å²) >= 11 is 0. The van der Waals surface area contributed by atoms with Crippen molar-refractivity contribution in [3.05, 3.63) is 60.0 Å². The van der Waals surface area contributed by atoms with Gasteiger partial charge in [0.2, 0.25) is 5.91 Å². The van der Waals surface area contributed by atoms with Crippen molar-refractivity contribution in [3.63, 3.8) is 0 Å². The van der Waals surface area contributed by atoms with E-state index in [1.54, 1.807) is 7.11 Å². The number of nitrogens with zero attached hydrogens (tertiary/aromatic N) is 4. The van der Waals surface area contributed by atoms with Crippen LogP contribution in [0.3, 0.4) is 0 Å². The molecule has 0 spiro atoms. The number of amides is 1. The maximum absolute atomic E-state index is 12.3. The zero-order valence-electron chi connectivity index (χ0n) is 16.8. The number of ether oxygens (including phenoxy) is 1. The van der Waals surface area contributed by atoms with Crippen LogP contribution >= 0.6 is 0 Å². The average Bonchev–Trinajstić information content (AvgIpc) is 3.19. The molecular weight excluding hydrogens is 366 g/mol. The van der Waals surface area contributed by atoms with Crippen molar-refractivity contribution in [2.75, 3.05) is 33.3 Å². The maximum Gasteiger partial charge on any atom is 0.234 e. The fourth-order valence-electron chi connectivity index (χ4n) is 3.89. The zero-order chi connectivity index (χ0) is 20.1. The number of nitrogens with one attached hydrogen (secondary N) is 1. The highest BCUT2D eigenvalue weighted by atomic mass is 16.5. The van der Waals surface area contributed by atoms with Crippen LogP contribution in [-0.4, -0.2) is 58.7 Å². The number of hydrogen-bond acceptors (Lipinski definition) is 5. The number of rotatable bonds is 7. The Bertz CT molecular complexity index is 945. The van der Waals surface area contributed by atoms with Gasteiger partial charge in [0.25, 0.3) is 0 Å².